The summed E-state index contributed by atoms with van der Waals surface area (Å²) in [7, 11) is 1.34. The molecule has 0 aliphatic carbocycles. The van der Waals surface area contributed by atoms with Crippen molar-refractivity contribution in [3.8, 4) is 0 Å². The summed E-state index contributed by atoms with van der Waals surface area (Å²) in [5, 5.41) is 2.62. The molecule has 0 radical (unpaired) electrons. The second kappa shape index (κ2) is 4.65. The van der Waals surface area contributed by atoms with Crippen molar-refractivity contribution in [1.82, 2.24) is 10.3 Å². The Kier molecular flexibility index (Phi) is 3.05. The van der Waals surface area contributed by atoms with Gasteiger partial charge in [-0.1, -0.05) is 6.07 Å². The molecule has 0 saturated carbocycles. The van der Waals surface area contributed by atoms with E-state index in [1.54, 1.807) is 0 Å². The van der Waals surface area contributed by atoms with E-state index in [9.17, 15) is 4.79 Å². The molecule has 1 amide bonds. The number of benzene rings is 1. The first-order chi connectivity index (χ1) is 7.79. The van der Waals surface area contributed by atoms with E-state index in [2.05, 4.69) is 15.0 Å². The summed E-state index contributed by atoms with van der Waals surface area (Å²) in [5.41, 5.74) is 2.69. The maximum Gasteiger partial charge on any atom is 0.406 e. The molecule has 0 unspecified atom stereocenters. The summed E-state index contributed by atoms with van der Waals surface area (Å²) in [5.74, 6) is 0. The second-order valence-electron chi connectivity index (χ2n) is 3.32. The Morgan fingerprint density at radius 1 is 1.56 bits per heavy atom. The molecule has 0 aliphatic heterocycles. The molecule has 0 fully saturated rings. The Bertz CT molecular complexity index is 493. The number of rotatable bonds is 3. The monoisotopic (exact) mass is 220 g/mol. The van der Waals surface area contributed by atoms with E-state index in [0.717, 1.165) is 23.1 Å². The Hall–Kier alpha value is -2.04. The van der Waals surface area contributed by atoms with E-state index in [0.29, 0.717) is 6.54 Å². The van der Waals surface area contributed by atoms with E-state index in [1.807, 2.05) is 18.2 Å². The SMILES string of the molecule is COC(=O)NCCc1ccc2ocnc2c1. The van der Waals surface area contributed by atoms with Crippen LogP contribution in [0, 0.1) is 0 Å². The molecule has 5 heteroatoms. The van der Waals surface area contributed by atoms with Gasteiger partial charge in [0.15, 0.2) is 12.0 Å². The molecule has 0 atom stereocenters. The van der Waals surface area contributed by atoms with Gasteiger partial charge in [0.2, 0.25) is 0 Å². The topological polar surface area (TPSA) is 64.4 Å². The van der Waals surface area contributed by atoms with Crippen molar-refractivity contribution in [2.75, 3.05) is 13.7 Å². The van der Waals surface area contributed by atoms with Crippen molar-refractivity contribution in [3.63, 3.8) is 0 Å². The highest BCUT2D eigenvalue weighted by Crippen LogP contribution is 2.14. The van der Waals surface area contributed by atoms with Crippen molar-refractivity contribution >= 4 is 17.2 Å². The molecule has 1 heterocycles. The maximum atomic E-state index is 10.8. The molecule has 2 rings (SSSR count). The number of ether oxygens (including phenoxy) is 1. The summed E-state index contributed by atoms with van der Waals surface area (Å²) in [6.45, 7) is 0.538. The van der Waals surface area contributed by atoms with Gasteiger partial charge in [0.25, 0.3) is 0 Å². The van der Waals surface area contributed by atoms with Crippen LogP contribution in [-0.2, 0) is 11.2 Å². The lowest BCUT2D eigenvalue weighted by Gasteiger charge is -2.03. The van der Waals surface area contributed by atoms with Gasteiger partial charge in [-0.05, 0) is 24.1 Å². The van der Waals surface area contributed by atoms with Gasteiger partial charge in [-0.25, -0.2) is 9.78 Å². The number of nitrogens with zero attached hydrogens (tertiary/aromatic N) is 1. The summed E-state index contributed by atoms with van der Waals surface area (Å²) in [6.07, 6.45) is 1.74. The fourth-order valence-corrected chi connectivity index (χ4v) is 1.44. The normalized spacial score (nSPS) is 10.3. The fraction of sp³-hybridized carbons (Fsp3) is 0.273. The zero-order valence-electron chi connectivity index (χ0n) is 8.90. The van der Waals surface area contributed by atoms with E-state index in [-0.39, 0.29) is 0 Å². The number of hydrogen-bond acceptors (Lipinski definition) is 4. The van der Waals surface area contributed by atoms with Gasteiger partial charge >= 0.3 is 6.09 Å². The average molecular weight is 220 g/mol. The van der Waals surface area contributed by atoms with Crippen molar-refractivity contribution in [2.45, 2.75) is 6.42 Å². The summed E-state index contributed by atoms with van der Waals surface area (Å²) in [4.78, 5) is 14.9. The van der Waals surface area contributed by atoms with E-state index in [4.69, 9.17) is 4.42 Å². The minimum absolute atomic E-state index is 0.414. The highest BCUT2D eigenvalue weighted by Gasteiger charge is 2.01. The zero-order valence-corrected chi connectivity index (χ0v) is 8.90. The van der Waals surface area contributed by atoms with Gasteiger partial charge in [0.05, 0.1) is 7.11 Å². The summed E-state index contributed by atoms with van der Waals surface area (Å²) in [6, 6.07) is 5.76. The standard InChI is InChI=1S/C11H12N2O3/c1-15-11(14)12-5-4-8-2-3-10-9(6-8)13-7-16-10/h2-3,6-7H,4-5H2,1H3,(H,12,14). The molecular formula is C11H12N2O3. The lowest BCUT2D eigenvalue weighted by molar-refractivity contribution is 0.171. The van der Waals surface area contributed by atoms with E-state index < -0.39 is 6.09 Å². The smallest absolute Gasteiger partial charge is 0.406 e. The van der Waals surface area contributed by atoms with Crippen LogP contribution in [0.2, 0.25) is 0 Å². The molecular weight excluding hydrogens is 208 g/mol. The van der Waals surface area contributed by atoms with Gasteiger partial charge < -0.3 is 14.5 Å². The van der Waals surface area contributed by atoms with Gasteiger partial charge in [-0.15, -0.1) is 0 Å². The average Bonchev–Trinajstić information content (AvgIpc) is 2.76. The lowest BCUT2D eigenvalue weighted by atomic mass is 10.1. The third kappa shape index (κ3) is 2.31. The minimum Gasteiger partial charge on any atom is -0.453 e. The predicted molar refractivity (Wildman–Crippen MR) is 58.1 cm³/mol. The molecule has 84 valence electrons. The molecule has 1 N–H and O–H groups in total. The Labute approximate surface area is 92.4 Å². The molecule has 1 aromatic carbocycles. The first-order valence-electron chi connectivity index (χ1n) is 4.93. The quantitative estimate of drug-likeness (QED) is 0.855. The van der Waals surface area contributed by atoms with Crippen LogP contribution in [0.25, 0.3) is 11.1 Å². The van der Waals surface area contributed by atoms with Gasteiger partial charge in [0, 0.05) is 6.54 Å². The van der Waals surface area contributed by atoms with Crippen LogP contribution in [0.3, 0.4) is 0 Å². The summed E-state index contributed by atoms with van der Waals surface area (Å²) >= 11 is 0. The first-order valence-corrected chi connectivity index (χ1v) is 4.93. The third-order valence-electron chi connectivity index (χ3n) is 2.26. The number of carbonyl (C=O) groups is 1. The minimum atomic E-state index is -0.414. The number of oxazole rings is 1. The van der Waals surface area contributed by atoms with Gasteiger partial charge in [-0.3, -0.25) is 0 Å². The number of amides is 1. The van der Waals surface area contributed by atoms with Crippen molar-refractivity contribution < 1.29 is 13.9 Å². The molecule has 0 spiro atoms. The number of aromatic nitrogens is 1. The third-order valence-corrected chi connectivity index (χ3v) is 2.26. The van der Waals surface area contributed by atoms with Crippen LogP contribution in [0.1, 0.15) is 5.56 Å². The maximum absolute atomic E-state index is 10.8. The van der Waals surface area contributed by atoms with Crippen LogP contribution < -0.4 is 5.32 Å². The number of nitrogens with one attached hydrogen (secondary N) is 1. The van der Waals surface area contributed by atoms with Gasteiger partial charge in [-0.2, -0.15) is 0 Å². The second-order valence-corrected chi connectivity index (χ2v) is 3.32. The number of hydrogen-bond donors (Lipinski definition) is 1. The number of carbonyl (C=O) groups excluding carboxylic acids is 1. The van der Waals surface area contributed by atoms with Crippen LogP contribution in [0.5, 0.6) is 0 Å². The van der Waals surface area contributed by atoms with Crippen molar-refractivity contribution in [3.05, 3.63) is 30.2 Å². The fourth-order valence-electron chi connectivity index (χ4n) is 1.44. The number of methoxy groups -OCH3 is 1. The Balaban J connectivity index is 1.96. The van der Waals surface area contributed by atoms with Crippen LogP contribution in [0.15, 0.2) is 29.0 Å². The highest BCUT2D eigenvalue weighted by molar-refractivity contribution is 5.72. The Morgan fingerprint density at radius 2 is 2.44 bits per heavy atom. The number of alkyl carbamates (subject to hydrolysis) is 1. The van der Waals surface area contributed by atoms with E-state index in [1.165, 1.54) is 13.5 Å². The molecule has 0 saturated heterocycles. The molecule has 1 aromatic heterocycles. The molecule has 2 aromatic rings. The zero-order chi connectivity index (χ0) is 11.4. The van der Waals surface area contributed by atoms with Gasteiger partial charge in [0.1, 0.15) is 5.52 Å². The van der Waals surface area contributed by atoms with Crippen molar-refractivity contribution in [2.24, 2.45) is 0 Å². The predicted octanol–water partition coefficient (Wildman–Crippen LogP) is 1.73. The number of fused-ring (bicyclic) bond motifs is 1. The molecule has 0 aliphatic rings. The molecule has 5 nitrogen and oxygen atoms in total. The molecule has 16 heavy (non-hydrogen) atoms. The van der Waals surface area contributed by atoms with Crippen LogP contribution >= 0.6 is 0 Å². The first kappa shape index (κ1) is 10.5. The Morgan fingerprint density at radius 3 is 3.25 bits per heavy atom. The van der Waals surface area contributed by atoms with E-state index >= 15 is 0 Å². The molecule has 0 bridgehead atoms. The lowest BCUT2D eigenvalue weighted by Crippen LogP contribution is -2.25. The van der Waals surface area contributed by atoms with Crippen LogP contribution in [-0.4, -0.2) is 24.7 Å². The largest absolute Gasteiger partial charge is 0.453 e. The summed E-state index contributed by atoms with van der Waals surface area (Å²) < 4.78 is 9.60. The van der Waals surface area contributed by atoms with Crippen molar-refractivity contribution in [1.29, 1.82) is 0 Å². The van der Waals surface area contributed by atoms with Crippen LogP contribution in [0.4, 0.5) is 4.79 Å². The highest BCUT2D eigenvalue weighted by atomic mass is 16.5.